The van der Waals surface area contributed by atoms with Gasteiger partial charge in [0.2, 0.25) is 5.91 Å². The molecule has 0 fully saturated rings. The Bertz CT molecular complexity index is 1270. The van der Waals surface area contributed by atoms with Gasteiger partial charge in [-0.05, 0) is 36.4 Å². The number of nitrogens with one attached hydrogen (secondary N) is 1. The lowest BCUT2D eigenvalue weighted by Gasteiger charge is -2.24. The number of carbonyl (C=O) groups excluding carboxylic acids is 2. The first kappa shape index (κ1) is 28.5. The van der Waals surface area contributed by atoms with E-state index in [1.165, 1.54) is 35.7 Å². The molecular formula is C28H28ClF2N3O2. The van der Waals surface area contributed by atoms with Crippen LogP contribution in [0.5, 0.6) is 0 Å². The van der Waals surface area contributed by atoms with Gasteiger partial charge >= 0.3 is 0 Å². The highest BCUT2D eigenvalue weighted by Crippen LogP contribution is 2.37. The Morgan fingerprint density at radius 3 is 2.53 bits per heavy atom. The van der Waals surface area contributed by atoms with E-state index in [4.69, 9.17) is 18.0 Å². The third-order valence-electron chi connectivity index (χ3n) is 4.97. The molecule has 1 aromatic heterocycles. The van der Waals surface area contributed by atoms with Crippen molar-refractivity contribution in [3.8, 4) is 23.5 Å². The summed E-state index contributed by atoms with van der Waals surface area (Å²) in [5.74, 6) is 0.0829. The van der Waals surface area contributed by atoms with Crippen LogP contribution in [0.1, 0.15) is 44.4 Å². The summed E-state index contributed by atoms with van der Waals surface area (Å²) in [6, 6.07) is 9.99. The highest BCUT2D eigenvalue weighted by molar-refractivity contribution is 6.30. The van der Waals surface area contributed by atoms with E-state index in [1.807, 2.05) is 0 Å². The van der Waals surface area contributed by atoms with Crippen molar-refractivity contribution in [3.05, 3.63) is 76.6 Å². The van der Waals surface area contributed by atoms with Crippen LogP contribution < -0.4 is 10.2 Å². The monoisotopic (exact) mass is 511 g/mol. The molecule has 188 valence electrons. The van der Waals surface area contributed by atoms with Gasteiger partial charge in [-0.3, -0.25) is 9.78 Å². The van der Waals surface area contributed by atoms with Crippen molar-refractivity contribution < 1.29 is 18.4 Å². The van der Waals surface area contributed by atoms with Crippen molar-refractivity contribution in [1.29, 1.82) is 0 Å². The lowest BCUT2D eigenvalue weighted by Crippen LogP contribution is -2.30. The maximum absolute atomic E-state index is 15.3. The van der Waals surface area contributed by atoms with E-state index < -0.39 is 23.5 Å². The average molecular weight is 512 g/mol. The zero-order valence-corrected chi connectivity index (χ0v) is 21.4. The Morgan fingerprint density at radius 2 is 1.92 bits per heavy atom. The molecule has 1 N–H and O–H groups in total. The highest BCUT2D eigenvalue weighted by atomic mass is 35.5. The van der Waals surface area contributed by atoms with E-state index in [1.54, 1.807) is 32.2 Å². The number of rotatable bonds is 7. The predicted molar refractivity (Wildman–Crippen MR) is 141 cm³/mol. The van der Waals surface area contributed by atoms with Crippen LogP contribution in [0.3, 0.4) is 0 Å². The minimum absolute atomic E-state index is 0.0619. The van der Waals surface area contributed by atoms with Crippen molar-refractivity contribution in [1.82, 2.24) is 4.98 Å². The van der Waals surface area contributed by atoms with Gasteiger partial charge in [0.15, 0.2) is 0 Å². The van der Waals surface area contributed by atoms with Gasteiger partial charge < -0.3 is 15.0 Å². The number of nitrogens with zero attached hydrogens (tertiary/aromatic N) is 2. The molecule has 0 saturated carbocycles. The van der Waals surface area contributed by atoms with Crippen LogP contribution in [-0.4, -0.2) is 30.8 Å². The van der Waals surface area contributed by atoms with Crippen LogP contribution in [0.4, 0.5) is 20.2 Å². The lowest BCUT2D eigenvalue weighted by atomic mass is 9.94. The van der Waals surface area contributed by atoms with E-state index in [9.17, 15) is 14.0 Å². The molecule has 0 aliphatic carbocycles. The second-order valence-corrected chi connectivity index (χ2v) is 8.50. The molecule has 1 unspecified atom stereocenters. The lowest BCUT2D eigenvalue weighted by molar-refractivity contribution is -0.115. The number of benzene rings is 2. The first-order valence-corrected chi connectivity index (χ1v) is 11.7. The Labute approximate surface area is 215 Å². The summed E-state index contributed by atoms with van der Waals surface area (Å²) in [4.78, 5) is 29.8. The molecule has 0 radical (unpaired) electrons. The van der Waals surface area contributed by atoms with Gasteiger partial charge in [-0.15, -0.1) is 6.42 Å². The van der Waals surface area contributed by atoms with Gasteiger partial charge in [0, 0.05) is 41.3 Å². The SMILES string of the molecule is C#Cc1cc(F)c(-c2cccnc2C(C)C=O)c(N(C)CC(=O)Nc2ccc(Cl)c(F)c2)c1.CCC. The number of hydrogen-bond donors (Lipinski definition) is 1. The van der Waals surface area contributed by atoms with Gasteiger partial charge in [-0.2, -0.15) is 0 Å². The van der Waals surface area contributed by atoms with Crippen LogP contribution in [0.25, 0.3) is 11.1 Å². The zero-order chi connectivity index (χ0) is 26.8. The first-order valence-electron chi connectivity index (χ1n) is 11.3. The number of likely N-dealkylation sites (N-methyl/N-ethyl adjacent to an activating group) is 1. The van der Waals surface area contributed by atoms with Crippen molar-refractivity contribution in [2.45, 2.75) is 33.1 Å². The largest absolute Gasteiger partial charge is 0.365 e. The predicted octanol–water partition coefficient (Wildman–Crippen LogP) is 6.46. The minimum atomic E-state index is -0.665. The van der Waals surface area contributed by atoms with Crippen LogP contribution in [0.15, 0.2) is 48.7 Å². The van der Waals surface area contributed by atoms with Crippen molar-refractivity contribution in [2.24, 2.45) is 0 Å². The summed E-state index contributed by atoms with van der Waals surface area (Å²) in [5, 5.41) is 2.52. The molecular weight excluding hydrogens is 484 g/mol. The number of aromatic nitrogens is 1. The van der Waals surface area contributed by atoms with Gasteiger partial charge in [0.1, 0.15) is 17.9 Å². The van der Waals surface area contributed by atoms with Crippen LogP contribution >= 0.6 is 11.6 Å². The molecule has 36 heavy (non-hydrogen) atoms. The Balaban J connectivity index is 0.00000145. The number of hydrogen-bond acceptors (Lipinski definition) is 4. The molecule has 3 aromatic rings. The molecule has 8 heteroatoms. The Hall–Kier alpha value is -3.76. The second-order valence-electron chi connectivity index (χ2n) is 8.10. The average Bonchev–Trinajstić information content (AvgIpc) is 2.85. The topological polar surface area (TPSA) is 62.3 Å². The Kier molecular flexibility index (Phi) is 10.6. The highest BCUT2D eigenvalue weighted by Gasteiger charge is 2.22. The number of terminal acetylenes is 1. The molecule has 0 saturated heterocycles. The van der Waals surface area contributed by atoms with E-state index >= 15 is 4.39 Å². The second kappa shape index (κ2) is 13.4. The van der Waals surface area contributed by atoms with Crippen molar-refractivity contribution >= 4 is 35.2 Å². The summed E-state index contributed by atoms with van der Waals surface area (Å²) in [5.41, 5.74) is 1.84. The third-order valence-corrected chi connectivity index (χ3v) is 5.28. The number of carbonyl (C=O) groups is 2. The fraction of sp³-hybridized carbons (Fsp3) is 0.250. The number of amides is 1. The number of aldehydes is 1. The van der Waals surface area contributed by atoms with Crippen LogP contribution in [-0.2, 0) is 9.59 Å². The quantitative estimate of drug-likeness (QED) is 0.292. The number of halogens is 3. The maximum atomic E-state index is 15.3. The van der Waals surface area contributed by atoms with Gasteiger partial charge in [-0.25, -0.2) is 8.78 Å². The Morgan fingerprint density at radius 1 is 1.22 bits per heavy atom. The summed E-state index contributed by atoms with van der Waals surface area (Å²) >= 11 is 5.67. The van der Waals surface area contributed by atoms with Crippen LogP contribution in [0.2, 0.25) is 5.02 Å². The van der Waals surface area contributed by atoms with Gasteiger partial charge in [0.05, 0.1) is 23.2 Å². The normalized spacial score (nSPS) is 10.9. The molecule has 2 aromatic carbocycles. The smallest absolute Gasteiger partial charge is 0.243 e. The molecule has 1 atom stereocenters. The van der Waals surface area contributed by atoms with Gasteiger partial charge in [-0.1, -0.05) is 50.8 Å². The van der Waals surface area contributed by atoms with Crippen molar-refractivity contribution in [2.75, 3.05) is 23.8 Å². The standard InChI is InChI=1S/C25H20ClF2N3O2.C3H8/c1-4-16-10-21(28)24(18-6-5-9-29-25(18)15(2)14-32)22(11-16)31(3)13-23(33)30-17-7-8-19(26)20(27)12-17;1-3-2/h1,5-12,14-15H,13H2,2-3H3,(H,30,33);3H2,1-2H3. The fourth-order valence-corrected chi connectivity index (χ4v) is 3.49. The zero-order valence-electron chi connectivity index (χ0n) is 20.6. The summed E-state index contributed by atoms with van der Waals surface area (Å²) in [6.45, 7) is 5.72. The molecule has 5 nitrogen and oxygen atoms in total. The fourth-order valence-electron chi connectivity index (χ4n) is 3.37. The van der Waals surface area contributed by atoms with E-state index in [0.717, 1.165) is 12.4 Å². The summed E-state index contributed by atoms with van der Waals surface area (Å²) < 4.78 is 28.9. The van der Waals surface area contributed by atoms with Crippen molar-refractivity contribution in [3.63, 3.8) is 0 Å². The molecule has 1 heterocycles. The molecule has 0 bridgehead atoms. The van der Waals surface area contributed by atoms with E-state index in [2.05, 4.69) is 30.1 Å². The molecule has 3 rings (SSSR count). The van der Waals surface area contributed by atoms with Gasteiger partial charge in [0.25, 0.3) is 0 Å². The van der Waals surface area contributed by atoms with E-state index in [-0.39, 0.29) is 28.4 Å². The molecule has 0 aliphatic rings. The van der Waals surface area contributed by atoms with E-state index in [0.29, 0.717) is 16.9 Å². The summed E-state index contributed by atoms with van der Waals surface area (Å²) in [7, 11) is 1.60. The molecule has 0 spiro atoms. The van der Waals surface area contributed by atoms with Crippen LogP contribution in [0, 0.1) is 24.0 Å². The first-order chi connectivity index (χ1) is 17.2. The molecule has 1 amide bonds. The molecule has 0 aliphatic heterocycles. The summed E-state index contributed by atoms with van der Waals surface area (Å²) in [6.07, 6.45) is 8.98. The number of pyridine rings is 1. The number of anilines is 2. The third kappa shape index (κ3) is 7.12. The minimum Gasteiger partial charge on any atom is -0.365 e. The maximum Gasteiger partial charge on any atom is 0.243 e.